The summed E-state index contributed by atoms with van der Waals surface area (Å²) in [5.41, 5.74) is 0.310. The molecule has 1 saturated heterocycles. The highest BCUT2D eigenvalue weighted by Crippen LogP contribution is 2.40. The lowest BCUT2D eigenvalue weighted by atomic mass is 9.84. The zero-order valence-corrected chi connectivity index (χ0v) is 12.7. The van der Waals surface area contributed by atoms with Crippen molar-refractivity contribution in [3.05, 3.63) is 5.82 Å². The van der Waals surface area contributed by atoms with Gasteiger partial charge in [-0.1, -0.05) is 12.8 Å². The first kappa shape index (κ1) is 13.9. The van der Waals surface area contributed by atoms with E-state index in [1.165, 1.54) is 51.6 Å². The van der Waals surface area contributed by atoms with Gasteiger partial charge in [0.15, 0.2) is 5.82 Å². The maximum atomic E-state index is 4.36. The fourth-order valence-corrected chi connectivity index (χ4v) is 4.18. The molecule has 2 heterocycles. The Morgan fingerprint density at radius 3 is 2.45 bits per heavy atom. The molecule has 0 bridgehead atoms. The lowest BCUT2D eigenvalue weighted by Crippen LogP contribution is -2.59. The average Bonchev–Trinajstić information content (AvgIpc) is 3.17. The van der Waals surface area contributed by atoms with Crippen LogP contribution in [0.25, 0.3) is 0 Å². The number of aryl methyl sites for hydroxylation is 1. The highest BCUT2D eigenvalue weighted by molar-refractivity contribution is 5.07. The first-order valence-electron chi connectivity index (χ1n) is 7.90. The fourth-order valence-electron chi connectivity index (χ4n) is 4.18. The first-order chi connectivity index (χ1) is 9.74. The number of nitrogens with one attached hydrogen (secondary N) is 1. The van der Waals surface area contributed by atoms with E-state index in [1.54, 1.807) is 4.80 Å². The summed E-state index contributed by atoms with van der Waals surface area (Å²) in [6, 6.07) is 0.423. The van der Waals surface area contributed by atoms with Crippen LogP contribution in [0.3, 0.4) is 0 Å². The first-order valence-corrected chi connectivity index (χ1v) is 7.90. The van der Waals surface area contributed by atoms with E-state index in [9.17, 15) is 0 Å². The van der Waals surface area contributed by atoms with Crippen molar-refractivity contribution in [2.24, 2.45) is 7.05 Å². The number of tetrazole rings is 1. The standard InChI is InChI=1S/C14H26N6/c1-15-12(11-13-16-18-19(2)17-13)14(7-3-4-8-14)20-9-5-6-10-20/h12,15H,3-11H2,1-2H3. The molecular weight excluding hydrogens is 252 g/mol. The van der Waals surface area contributed by atoms with Gasteiger partial charge in [-0.25, -0.2) is 0 Å². The Morgan fingerprint density at radius 2 is 1.90 bits per heavy atom. The van der Waals surface area contributed by atoms with E-state index in [4.69, 9.17) is 0 Å². The Labute approximate surface area is 120 Å². The molecule has 1 aromatic heterocycles. The Hall–Kier alpha value is -1.01. The molecule has 0 amide bonds. The number of nitrogens with zero attached hydrogens (tertiary/aromatic N) is 5. The van der Waals surface area contributed by atoms with Gasteiger partial charge in [-0.15, -0.1) is 10.2 Å². The molecule has 1 aliphatic carbocycles. The Bertz CT molecular complexity index is 431. The predicted molar refractivity (Wildman–Crippen MR) is 77.4 cm³/mol. The van der Waals surface area contributed by atoms with Crippen molar-refractivity contribution >= 4 is 0 Å². The summed E-state index contributed by atoms with van der Waals surface area (Å²) < 4.78 is 0. The highest BCUT2D eigenvalue weighted by atomic mass is 15.6. The van der Waals surface area contributed by atoms with Gasteiger partial charge in [-0.3, -0.25) is 4.90 Å². The summed E-state index contributed by atoms with van der Waals surface area (Å²) >= 11 is 0. The molecule has 1 saturated carbocycles. The van der Waals surface area contributed by atoms with Crippen molar-refractivity contribution in [3.8, 4) is 0 Å². The predicted octanol–water partition coefficient (Wildman–Crippen LogP) is 0.749. The number of likely N-dealkylation sites (tertiary alicyclic amines) is 1. The molecule has 3 rings (SSSR count). The monoisotopic (exact) mass is 278 g/mol. The van der Waals surface area contributed by atoms with Crippen molar-refractivity contribution in [1.82, 2.24) is 30.4 Å². The molecule has 1 unspecified atom stereocenters. The topological polar surface area (TPSA) is 58.9 Å². The number of hydrogen-bond donors (Lipinski definition) is 1. The molecule has 20 heavy (non-hydrogen) atoms. The van der Waals surface area contributed by atoms with Gasteiger partial charge in [0, 0.05) is 18.0 Å². The molecule has 0 spiro atoms. The van der Waals surface area contributed by atoms with E-state index in [2.05, 4.69) is 32.7 Å². The second-order valence-corrected chi connectivity index (χ2v) is 6.25. The number of aromatic nitrogens is 4. The summed E-state index contributed by atoms with van der Waals surface area (Å²) in [6.07, 6.45) is 8.88. The minimum absolute atomic E-state index is 0.310. The molecule has 6 heteroatoms. The molecule has 1 aliphatic heterocycles. The molecular formula is C14H26N6. The second-order valence-electron chi connectivity index (χ2n) is 6.25. The molecule has 1 atom stereocenters. The summed E-state index contributed by atoms with van der Waals surface area (Å²) in [7, 11) is 3.91. The third-order valence-electron chi connectivity index (χ3n) is 5.14. The third kappa shape index (κ3) is 2.46. The van der Waals surface area contributed by atoms with Crippen LogP contribution >= 0.6 is 0 Å². The molecule has 112 valence electrons. The summed E-state index contributed by atoms with van der Waals surface area (Å²) in [6.45, 7) is 2.51. The molecule has 1 aromatic rings. The Morgan fingerprint density at radius 1 is 1.20 bits per heavy atom. The lowest BCUT2D eigenvalue weighted by Gasteiger charge is -2.44. The van der Waals surface area contributed by atoms with Gasteiger partial charge in [-0.2, -0.15) is 4.80 Å². The van der Waals surface area contributed by atoms with Crippen LogP contribution in [-0.4, -0.2) is 56.8 Å². The van der Waals surface area contributed by atoms with Crippen LogP contribution in [-0.2, 0) is 13.5 Å². The van der Waals surface area contributed by atoms with Crippen molar-refractivity contribution in [3.63, 3.8) is 0 Å². The normalized spacial score (nSPS) is 24.3. The van der Waals surface area contributed by atoms with Crippen LogP contribution in [0, 0.1) is 0 Å². The minimum atomic E-state index is 0.310. The van der Waals surface area contributed by atoms with E-state index in [0.717, 1.165) is 12.2 Å². The van der Waals surface area contributed by atoms with Crippen molar-refractivity contribution in [1.29, 1.82) is 0 Å². The number of hydrogen-bond acceptors (Lipinski definition) is 5. The van der Waals surface area contributed by atoms with Gasteiger partial charge >= 0.3 is 0 Å². The largest absolute Gasteiger partial charge is 0.315 e. The molecule has 0 aromatic carbocycles. The van der Waals surface area contributed by atoms with Gasteiger partial charge in [0.2, 0.25) is 0 Å². The van der Waals surface area contributed by atoms with Crippen LogP contribution in [0.1, 0.15) is 44.3 Å². The molecule has 2 aliphatic rings. The van der Waals surface area contributed by atoms with E-state index in [0.29, 0.717) is 11.6 Å². The summed E-state index contributed by atoms with van der Waals surface area (Å²) in [5.74, 6) is 0.859. The average molecular weight is 278 g/mol. The summed E-state index contributed by atoms with van der Waals surface area (Å²) in [5, 5.41) is 16.1. The van der Waals surface area contributed by atoms with Gasteiger partial charge in [0.1, 0.15) is 0 Å². The zero-order valence-electron chi connectivity index (χ0n) is 12.7. The van der Waals surface area contributed by atoms with Gasteiger partial charge < -0.3 is 5.32 Å². The molecule has 6 nitrogen and oxygen atoms in total. The molecule has 2 fully saturated rings. The van der Waals surface area contributed by atoms with Crippen molar-refractivity contribution in [2.75, 3.05) is 20.1 Å². The van der Waals surface area contributed by atoms with Gasteiger partial charge in [0.25, 0.3) is 0 Å². The minimum Gasteiger partial charge on any atom is -0.315 e. The van der Waals surface area contributed by atoms with Crippen LogP contribution in [0.5, 0.6) is 0 Å². The molecule has 1 N–H and O–H groups in total. The summed E-state index contributed by atoms with van der Waals surface area (Å²) in [4.78, 5) is 4.29. The lowest BCUT2D eigenvalue weighted by molar-refractivity contribution is 0.0789. The van der Waals surface area contributed by atoms with Gasteiger partial charge in [-0.05, 0) is 51.0 Å². The smallest absolute Gasteiger partial charge is 0.176 e. The van der Waals surface area contributed by atoms with Crippen LogP contribution in [0.2, 0.25) is 0 Å². The zero-order chi connectivity index (χ0) is 14.0. The van der Waals surface area contributed by atoms with Crippen LogP contribution < -0.4 is 5.32 Å². The number of likely N-dealkylation sites (N-methyl/N-ethyl adjacent to an activating group) is 1. The van der Waals surface area contributed by atoms with E-state index >= 15 is 0 Å². The van der Waals surface area contributed by atoms with Crippen LogP contribution in [0.15, 0.2) is 0 Å². The highest BCUT2D eigenvalue weighted by Gasteiger charge is 2.46. The number of rotatable bonds is 5. The fraction of sp³-hybridized carbons (Fsp3) is 0.929. The van der Waals surface area contributed by atoms with E-state index in [-0.39, 0.29) is 0 Å². The maximum Gasteiger partial charge on any atom is 0.176 e. The third-order valence-corrected chi connectivity index (χ3v) is 5.14. The maximum absolute atomic E-state index is 4.36. The second kappa shape index (κ2) is 5.77. The van der Waals surface area contributed by atoms with E-state index in [1.807, 2.05) is 7.05 Å². The van der Waals surface area contributed by atoms with Crippen molar-refractivity contribution < 1.29 is 0 Å². The quantitative estimate of drug-likeness (QED) is 0.861. The van der Waals surface area contributed by atoms with Crippen LogP contribution in [0.4, 0.5) is 0 Å². The Kier molecular flexibility index (Phi) is 4.03. The Balaban J connectivity index is 1.80. The molecule has 0 radical (unpaired) electrons. The van der Waals surface area contributed by atoms with E-state index < -0.39 is 0 Å². The SMILES string of the molecule is CNC(Cc1nnn(C)n1)C1(N2CCCC2)CCCC1. The van der Waals surface area contributed by atoms with Gasteiger partial charge in [0.05, 0.1) is 7.05 Å². The van der Waals surface area contributed by atoms with Crippen molar-refractivity contribution in [2.45, 2.75) is 56.5 Å².